The predicted octanol–water partition coefficient (Wildman–Crippen LogP) is 3.10. The molecule has 3 rings (SSSR count). The highest BCUT2D eigenvalue weighted by atomic mass is 32.2. The third kappa shape index (κ3) is 4.51. The van der Waals surface area contributed by atoms with Crippen molar-refractivity contribution < 1.29 is 13.2 Å². The summed E-state index contributed by atoms with van der Waals surface area (Å²) in [5.74, 6) is -0.0968. The number of rotatable bonds is 5. The summed E-state index contributed by atoms with van der Waals surface area (Å²) in [4.78, 5) is 14.5. The summed E-state index contributed by atoms with van der Waals surface area (Å²) in [5, 5.41) is 0. The number of benzene rings is 2. The summed E-state index contributed by atoms with van der Waals surface area (Å²) in [6.07, 6.45) is 3.14. The fourth-order valence-electron chi connectivity index (χ4n) is 3.16. The van der Waals surface area contributed by atoms with E-state index < -0.39 is 10.0 Å². The summed E-state index contributed by atoms with van der Waals surface area (Å²) < 4.78 is 27.8. The van der Waals surface area contributed by atoms with Gasteiger partial charge in [-0.15, -0.1) is 0 Å². The van der Waals surface area contributed by atoms with Crippen LogP contribution < -0.4 is 4.72 Å². The first-order valence-electron chi connectivity index (χ1n) is 8.90. The highest BCUT2D eigenvalue weighted by Crippen LogP contribution is 2.17. The summed E-state index contributed by atoms with van der Waals surface area (Å²) in [5.41, 5.74) is 2.40. The van der Waals surface area contributed by atoms with Gasteiger partial charge in [0.25, 0.3) is 5.91 Å². The molecular weight excluding hydrogens is 348 g/mol. The number of hydrogen-bond donors (Lipinski definition) is 1. The van der Waals surface area contributed by atoms with Crippen LogP contribution in [-0.4, -0.2) is 32.3 Å². The van der Waals surface area contributed by atoms with Crippen molar-refractivity contribution in [2.24, 2.45) is 0 Å². The molecule has 0 aliphatic carbocycles. The molecule has 0 atom stereocenters. The Morgan fingerprint density at radius 3 is 2.50 bits per heavy atom. The van der Waals surface area contributed by atoms with Crippen LogP contribution in [0.4, 0.5) is 0 Å². The molecular formula is C20H24N2O3S. The smallest absolute Gasteiger partial charge is 0.253 e. The molecule has 0 spiro atoms. The number of amides is 1. The van der Waals surface area contributed by atoms with Crippen LogP contribution in [-0.2, 0) is 16.6 Å². The molecule has 1 heterocycles. The van der Waals surface area contributed by atoms with E-state index in [0.717, 1.165) is 43.5 Å². The molecule has 1 saturated heterocycles. The number of sulfonamides is 1. The maximum Gasteiger partial charge on any atom is 0.253 e. The van der Waals surface area contributed by atoms with Gasteiger partial charge in [-0.25, -0.2) is 13.1 Å². The second kappa shape index (κ2) is 8.01. The van der Waals surface area contributed by atoms with E-state index in [1.807, 2.05) is 31.2 Å². The Bertz CT molecular complexity index is 887. The molecule has 0 unspecified atom stereocenters. The number of hydrogen-bond acceptors (Lipinski definition) is 3. The van der Waals surface area contributed by atoms with Gasteiger partial charge in [0, 0.05) is 25.2 Å². The number of nitrogens with one attached hydrogen (secondary N) is 1. The first-order chi connectivity index (χ1) is 12.5. The molecule has 5 nitrogen and oxygen atoms in total. The molecule has 0 radical (unpaired) electrons. The Kier molecular flexibility index (Phi) is 5.74. The minimum absolute atomic E-state index is 0.0968. The number of piperidine rings is 1. The molecule has 1 amide bonds. The van der Waals surface area contributed by atoms with Gasteiger partial charge >= 0.3 is 0 Å². The van der Waals surface area contributed by atoms with E-state index in [2.05, 4.69) is 4.72 Å². The molecule has 2 aromatic rings. The van der Waals surface area contributed by atoms with Gasteiger partial charge in [-0.05, 0) is 49.9 Å². The second-order valence-electron chi connectivity index (χ2n) is 6.69. The van der Waals surface area contributed by atoms with Gasteiger partial charge in [0.1, 0.15) is 0 Å². The molecule has 2 aromatic carbocycles. The molecule has 0 aromatic heterocycles. The van der Waals surface area contributed by atoms with Crippen molar-refractivity contribution in [1.29, 1.82) is 0 Å². The molecule has 0 saturated carbocycles. The Morgan fingerprint density at radius 2 is 1.77 bits per heavy atom. The fourth-order valence-corrected chi connectivity index (χ4v) is 4.22. The van der Waals surface area contributed by atoms with Crippen LogP contribution in [0, 0.1) is 6.92 Å². The molecule has 6 heteroatoms. The minimum atomic E-state index is -3.68. The average Bonchev–Trinajstić information content (AvgIpc) is 2.67. The van der Waals surface area contributed by atoms with Crippen LogP contribution >= 0.6 is 0 Å². The van der Waals surface area contributed by atoms with Gasteiger partial charge in [0.2, 0.25) is 10.0 Å². The lowest BCUT2D eigenvalue weighted by molar-refractivity contribution is 0.0724. The van der Waals surface area contributed by atoms with Crippen molar-refractivity contribution in [3.8, 4) is 0 Å². The monoisotopic (exact) mass is 372 g/mol. The fraction of sp³-hybridized carbons (Fsp3) is 0.350. The predicted molar refractivity (Wildman–Crippen MR) is 101 cm³/mol. The Labute approximate surface area is 155 Å². The minimum Gasteiger partial charge on any atom is -0.339 e. The molecule has 0 bridgehead atoms. The molecule has 26 heavy (non-hydrogen) atoms. The highest BCUT2D eigenvalue weighted by molar-refractivity contribution is 7.89. The summed E-state index contributed by atoms with van der Waals surface area (Å²) in [6.45, 7) is 3.66. The maximum absolute atomic E-state index is 12.6. The van der Waals surface area contributed by atoms with Crippen LogP contribution in [0.25, 0.3) is 0 Å². The standard InChI is InChI=1S/C20H24N2O3S/c1-16-7-5-8-17(13-16)15-21-26(24,25)19-10-6-9-18(14-19)20(23)22-11-3-2-4-12-22/h5-10,13-14,21H,2-4,11-12,15H2,1H3. The van der Waals surface area contributed by atoms with Crippen LogP contribution in [0.15, 0.2) is 53.4 Å². The third-order valence-corrected chi connectivity index (χ3v) is 5.98. The van der Waals surface area contributed by atoms with E-state index in [1.165, 1.54) is 12.1 Å². The molecule has 138 valence electrons. The van der Waals surface area contributed by atoms with Crippen LogP contribution in [0.1, 0.15) is 40.7 Å². The summed E-state index contributed by atoms with van der Waals surface area (Å²) in [7, 11) is -3.68. The molecule has 1 aliphatic heterocycles. The zero-order chi connectivity index (χ0) is 18.6. The van der Waals surface area contributed by atoms with Gasteiger partial charge in [0.15, 0.2) is 0 Å². The maximum atomic E-state index is 12.6. The van der Waals surface area contributed by atoms with Crippen molar-refractivity contribution >= 4 is 15.9 Å². The van der Waals surface area contributed by atoms with E-state index in [4.69, 9.17) is 0 Å². The quantitative estimate of drug-likeness (QED) is 0.877. The van der Waals surface area contributed by atoms with E-state index in [-0.39, 0.29) is 17.3 Å². The van der Waals surface area contributed by atoms with Crippen molar-refractivity contribution in [3.63, 3.8) is 0 Å². The lowest BCUT2D eigenvalue weighted by Gasteiger charge is -2.26. The number of likely N-dealkylation sites (tertiary alicyclic amines) is 1. The normalized spacial score (nSPS) is 15.0. The van der Waals surface area contributed by atoms with Crippen molar-refractivity contribution in [3.05, 3.63) is 65.2 Å². The number of carbonyl (C=O) groups is 1. The van der Waals surface area contributed by atoms with E-state index in [1.54, 1.807) is 17.0 Å². The first kappa shape index (κ1) is 18.6. The summed E-state index contributed by atoms with van der Waals surface area (Å²) >= 11 is 0. The SMILES string of the molecule is Cc1cccc(CNS(=O)(=O)c2cccc(C(=O)N3CCCCC3)c2)c1. The van der Waals surface area contributed by atoms with Crippen LogP contribution in [0.2, 0.25) is 0 Å². The van der Waals surface area contributed by atoms with Gasteiger partial charge in [0.05, 0.1) is 4.90 Å². The van der Waals surface area contributed by atoms with Gasteiger partial charge in [-0.2, -0.15) is 0 Å². The zero-order valence-corrected chi connectivity index (χ0v) is 15.8. The summed E-state index contributed by atoms with van der Waals surface area (Å²) in [6, 6.07) is 14.0. The lowest BCUT2D eigenvalue weighted by Crippen LogP contribution is -2.35. The van der Waals surface area contributed by atoms with Crippen molar-refractivity contribution in [2.45, 2.75) is 37.6 Å². The molecule has 1 N–H and O–H groups in total. The Hall–Kier alpha value is -2.18. The van der Waals surface area contributed by atoms with Crippen LogP contribution in [0.5, 0.6) is 0 Å². The Balaban J connectivity index is 1.74. The van der Waals surface area contributed by atoms with E-state index >= 15 is 0 Å². The van der Waals surface area contributed by atoms with Gasteiger partial charge in [-0.1, -0.05) is 35.9 Å². The average molecular weight is 372 g/mol. The molecule has 1 aliphatic rings. The Morgan fingerprint density at radius 1 is 1.04 bits per heavy atom. The van der Waals surface area contributed by atoms with E-state index in [9.17, 15) is 13.2 Å². The highest BCUT2D eigenvalue weighted by Gasteiger charge is 2.21. The zero-order valence-electron chi connectivity index (χ0n) is 14.9. The van der Waals surface area contributed by atoms with E-state index in [0.29, 0.717) is 5.56 Å². The number of aryl methyl sites for hydroxylation is 1. The topological polar surface area (TPSA) is 66.5 Å². The van der Waals surface area contributed by atoms with Crippen LogP contribution in [0.3, 0.4) is 0 Å². The second-order valence-corrected chi connectivity index (χ2v) is 8.46. The third-order valence-electron chi connectivity index (χ3n) is 4.58. The largest absolute Gasteiger partial charge is 0.339 e. The first-order valence-corrected chi connectivity index (χ1v) is 10.4. The number of nitrogens with zero attached hydrogens (tertiary/aromatic N) is 1. The number of carbonyl (C=O) groups excluding carboxylic acids is 1. The van der Waals surface area contributed by atoms with Crippen molar-refractivity contribution in [1.82, 2.24) is 9.62 Å². The van der Waals surface area contributed by atoms with Gasteiger partial charge < -0.3 is 4.90 Å². The molecule has 1 fully saturated rings. The van der Waals surface area contributed by atoms with Gasteiger partial charge in [-0.3, -0.25) is 4.79 Å². The van der Waals surface area contributed by atoms with Crippen molar-refractivity contribution in [2.75, 3.05) is 13.1 Å². The lowest BCUT2D eigenvalue weighted by atomic mass is 10.1.